The molecule has 0 aromatic heterocycles. The monoisotopic (exact) mass is 477 g/mol. The Morgan fingerprint density at radius 3 is 2.00 bits per heavy atom. The molecule has 1 unspecified atom stereocenters. The highest BCUT2D eigenvalue weighted by atomic mass is 16.6. The number of alkyl carbamates (subject to hydrolysis) is 1. The Morgan fingerprint density at radius 1 is 1.03 bits per heavy atom. The summed E-state index contributed by atoms with van der Waals surface area (Å²) in [6.07, 6.45) is 5.56. The van der Waals surface area contributed by atoms with Gasteiger partial charge in [0.05, 0.1) is 0 Å². The lowest BCUT2D eigenvalue weighted by Gasteiger charge is -2.32. The van der Waals surface area contributed by atoms with Gasteiger partial charge in [-0.25, -0.2) is 4.79 Å². The molecule has 1 rings (SSSR count). The van der Waals surface area contributed by atoms with Crippen molar-refractivity contribution < 1.29 is 23.4 Å². The molecule has 7 heteroatoms. The lowest BCUT2D eigenvalue weighted by molar-refractivity contribution is -0.141. The van der Waals surface area contributed by atoms with Gasteiger partial charge in [0.25, 0.3) is 0 Å². The number of nitrogens with zero attached hydrogens (tertiary/aromatic N) is 1. The zero-order chi connectivity index (χ0) is 26.2. The Hall–Kier alpha value is -1.79. The van der Waals surface area contributed by atoms with Crippen LogP contribution >= 0.6 is 0 Å². The van der Waals surface area contributed by atoms with Crippen molar-refractivity contribution in [2.45, 2.75) is 138 Å². The van der Waals surface area contributed by atoms with Gasteiger partial charge in [-0.05, 0) is 59.3 Å². The van der Waals surface area contributed by atoms with Crippen LogP contribution in [0.3, 0.4) is 0 Å². The molecule has 3 amide bonds. The van der Waals surface area contributed by atoms with Crippen LogP contribution in [-0.2, 0) is 14.3 Å². The zero-order valence-corrected chi connectivity index (χ0v) is 23.3. The lowest BCUT2D eigenvalue weighted by Crippen LogP contribution is -2.56. The number of carbonyl (C=O) groups is 3. The number of nitrogens with one attached hydrogen (secondary N) is 2. The van der Waals surface area contributed by atoms with Gasteiger partial charge in [0.15, 0.2) is 0 Å². The highest BCUT2D eigenvalue weighted by molar-refractivity contribution is 5.91. The van der Waals surface area contributed by atoms with Gasteiger partial charge in [-0.2, -0.15) is 0 Å². The maximum Gasteiger partial charge on any atom is 0.408 e. The molecule has 0 aliphatic heterocycles. The molecule has 1 aliphatic carbocycles. The van der Waals surface area contributed by atoms with E-state index in [1.165, 1.54) is 4.90 Å². The molecule has 33 heavy (non-hydrogen) atoms. The number of amides is 3. The van der Waals surface area contributed by atoms with E-state index in [-0.39, 0.29) is 28.1 Å². The average molecular weight is 478 g/mol. The number of rotatable bonds is 11. The van der Waals surface area contributed by atoms with Crippen LogP contribution in [-0.4, -0.2) is 53.6 Å². The number of likely N-dealkylation sites (N-methyl/N-ethyl adjacent to an activating group) is 1. The molecule has 2 N–H and O–H groups in total. The maximum atomic E-state index is 13.2. The summed E-state index contributed by atoms with van der Waals surface area (Å²) < 4.78 is 5.33. The van der Waals surface area contributed by atoms with Crippen LogP contribution in [0.15, 0.2) is 0 Å². The van der Waals surface area contributed by atoms with Crippen molar-refractivity contribution in [2.24, 2.45) is 5.92 Å². The van der Waals surface area contributed by atoms with E-state index < -0.39 is 23.8 Å². The summed E-state index contributed by atoms with van der Waals surface area (Å²) >= 11 is 0. The standard InChI is InChI=1S/C22H41N3O4.2C2H6.3H2/c1-8-10-11-12-17(19(26)23-15(3)9-2)25(7)20(27)18(16-13-14-16)24-21(28)29-22(4,5)6;2*1-2;;;/h15-18H,8-14H2,1-7H3,(H,23,26)(H,24,28);2*1-2H3;3*1H/t15?,17-,18-;;;;;/m0...../s1. The van der Waals surface area contributed by atoms with Gasteiger partial charge >= 0.3 is 6.09 Å². The Morgan fingerprint density at radius 2 is 1.58 bits per heavy atom. The molecule has 0 saturated heterocycles. The summed E-state index contributed by atoms with van der Waals surface area (Å²) in [6.45, 7) is 19.4. The molecule has 1 fully saturated rings. The Labute approximate surface area is 208 Å². The Balaban J connectivity index is -0.000000434. The second-order valence-corrected chi connectivity index (χ2v) is 9.24. The second-order valence-electron chi connectivity index (χ2n) is 9.24. The van der Waals surface area contributed by atoms with Gasteiger partial charge in [-0.3, -0.25) is 9.59 Å². The molecule has 0 radical (unpaired) electrons. The molecule has 202 valence electrons. The van der Waals surface area contributed by atoms with E-state index in [2.05, 4.69) is 17.6 Å². The largest absolute Gasteiger partial charge is 0.444 e. The van der Waals surface area contributed by atoms with Crippen molar-refractivity contribution in [2.75, 3.05) is 7.05 Å². The van der Waals surface area contributed by atoms with Gasteiger partial charge < -0.3 is 20.3 Å². The summed E-state index contributed by atoms with van der Waals surface area (Å²) in [7, 11) is 1.67. The molecular formula is C26H59N3O4. The van der Waals surface area contributed by atoms with E-state index >= 15 is 0 Å². The van der Waals surface area contributed by atoms with Crippen molar-refractivity contribution in [3.8, 4) is 0 Å². The topological polar surface area (TPSA) is 87.7 Å². The highest BCUT2D eigenvalue weighted by Gasteiger charge is 2.41. The molecule has 0 heterocycles. The summed E-state index contributed by atoms with van der Waals surface area (Å²) in [5.74, 6) is -0.247. The first kappa shape index (κ1) is 33.4. The number of ether oxygens (including phenoxy) is 1. The highest BCUT2D eigenvalue weighted by Crippen LogP contribution is 2.34. The first-order valence-electron chi connectivity index (χ1n) is 13.1. The zero-order valence-electron chi connectivity index (χ0n) is 23.3. The molecule has 0 aromatic carbocycles. The smallest absolute Gasteiger partial charge is 0.408 e. The summed E-state index contributed by atoms with van der Waals surface area (Å²) in [6, 6.07) is -1.14. The van der Waals surface area contributed by atoms with Gasteiger partial charge in [-0.15, -0.1) is 0 Å². The van der Waals surface area contributed by atoms with Gasteiger partial charge in [-0.1, -0.05) is 60.8 Å². The molecule has 3 atom stereocenters. The van der Waals surface area contributed by atoms with Crippen LogP contribution in [0.1, 0.15) is 118 Å². The van der Waals surface area contributed by atoms with E-state index in [1.807, 2.05) is 41.5 Å². The van der Waals surface area contributed by atoms with Crippen molar-refractivity contribution in [1.82, 2.24) is 15.5 Å². The minimum absolute atomic E-state index is 0. The minimum atomic E-state index is -0.653. The molecule has 7 nitrogen and oxygen atoms in total. The van der Waals surface area contributed by atoms with Crippen LogP contribution in [0.2, 0.25) is 0 Å². The predicted octanol–water partition coefficient (Wildman–Crippen LogP) is 6.40. The molecular weight excluding hydrogens is 418 g/mol. The SMILES string of the molecule is CC.CC.CCCCC[C@@H](C(=O)NC(C)CC)N(C)C(=O)[C@@H](NC(=O)OC(C)(C)C)C1CC1.[HH].[HH].[HH]. The van der Waals surface area contributed by atoms with Gasteiger partial charge in [0.2, 0.25) is 11.8 Å². The number of unbranched alkanes of at least 4 members (excludes halogenated alkanes) is 2. The normalized spacial score (nSPS) is 15.4. The van der Waals surface area contributed by atoms with E-state index in [0.717, 1.165) is 38.5 Å². The fourth-order valence-corrected chi connectivity index (χ4v) is 3.15. The van der Waals surface area contributed by atoms with E-state index in [9.17, 15) is 14.4 Å². The van der Waals surface area contributed by atoms with Gasteiger partial charge in [0.1, 0.15) is 17.7 Å². The quantitative estimate of drug-likeness (QED) is 0.337. The van der Waals surface area contributed by atoms with Gasteiger partial charge in [0, 0.05) is 17.4 Å². The Kier molecular flexibility index (Phi) is 17.9. The molecule has 1 saturated carbocycles. The summed E-state index contributed by atoms with van der Waals surface area (Å²) in [5, 5.41) is 5.75. The van der Waals surface area contributed by atoms with Crippen LogP contribution < -0.4 is 10.6 Å². The first-order chi connectivity index (χ1) is 15.5. The van der Waals surface area contributed by atoms with Crippen molar-refractivity contribution in [3.05, 3.63) is 0 Å². The van der Waals surface area contributed by atoms with Crippen LogP contribution in [0, 0.1) is 5.92 Å². The van der Waals surface area contributed by atoms with E-state index in [4.69, 9.17) is 4.74 Å². The van der Waals surface area contributed by atoms with Crippen molar-refractivity contribution in [1.29, 1.82) is 0 Å². The van der Waals surface area contributed by atoms with Crippen LogP contribution in [0.25, 0.3) is 0 Å². The minimum Gasteiger partial charge on any atom is -0.444 e. The third-order valence-electron chi connectivity index (χ3n) is 5.23. The number of hydrogen-bond acceptors (Lipinski definition) is 4. The van der Waals surface area contributed by atoms with Crippen LogP contribution in [0.5, 0.6) is 0 Å². The van der Waals surface area contributed by atoms with Crippen molar-refractivity contribution >= 4 is 17.9 Å². The molecule has 0 aromatic rings. The predicted molar refractivity (Wildman–Crippen MR) is 144 cm³/mol. The first-order valence-corrected chi connectivity index (χ1v) is 13.1. The van der Waals surface area contributed by atoms with Crippen molar-refractivity contribution in [3.63, 3.8) is 0 Å². The maximum absolute atomic E-state index is 13.2. The van der Waals surface area contributed by atoms with E-state index in [0.29, 0.717) is 6.42 Å². The third-order valence-corrected chi connectivity index (χ3v) is 5.23. The lowest BCUT2D eigenvalue weighted by atomic mass is 10.0. The molecule has 1 aliphatic rings. The average Bonchev–Trinajstić information content (AvgIpc) is 3.61. The summed E-state index contributed by atoms with van der Waals surface area (Å²) in [5.41, 5.74) is -0.633. The molecule has 0 bridgehead atoms. The summed E-state index contributed by atoms with van der Waals surface area (Å²) in [4.78, 5) is 39.9. The van der Waals surface area contributed by atoms with E-state index in [1.54, 1.807) is 27.8 Å². The van der Waals surface area contributed by atoms with Crippen LogP contribution in [0.4, 0.5) is 4.79 Å². The fraction of sp³-hybridized carbons (Fsp3) is 0.885. The molecule has 0 spiro atoms. The fourth-order valence-electron chi connectivity index (χ4n) is 3.15. The number of carbonyl (C=O) groups excluding carboxylic acids is 3. The Bertz CT molecular complexity index is 571. The second kappa shape index (κ2) is 17.7. The third kappa shape index (κ3) is 14.2. The number of hydrogen-bond donors (Lipinski definition) is 2.